The largest absolute Gasteiger partial charge is 0.416 e. The Morgan fingerprint density at radius 3 is 2.46 bits per heavy atom. The standard InChI is InChI=1S/C7H6BrF3N2/c8-13-12-6-3-1-2-5(4-6)7(9,10)11/h1-4,12-13H. The van der Waals surface area contributed by atoms with Gasteiger partial charge < -0.3 is 5.43 Å². The predicted octanol–water partition coefficient (Wildman–Crippen LogP) is 2.93. The number of benzene rings is 1. The Balaban J connectivity index is 2.92. The highest BCUT2D eigenvalue weighted by molar-refractivity contribution is 9.08. The van der Waals surface area contributed by atoms with Crippen LogP contribution in [0.1, 0.15) is 5.56 Å². The first-order chi connectivity index (χ1) is 6.04. The number of halogens is 4. The van der Waals surface area contributed by atoms with E-state index < -0.39 is 11.7 Å². The van der Waals surface area contributed by atoms with Crippen molar-refractivity contribution >= 4 is 21.8 Å². The van der Waals surface area contributed by atoms with Crippen LogP contribution in [0.2, 0.25) is 0 Å². The van der Waals surface area contributed by atoms with Crippen LogP contribution in [0.5, 0.6) is 0 Å². The molecule has 0 fully saturated rings. The van der Waals surface area contributed by atoms with Crippen molar-refractivity contribution in [2.45, 2.75) is 6.18 Å². The van der Waals surface area contributed by atoms with Gasteiger partial charge in [-0.25, -0.2) is 0 Å². The van der Waals surface area contributed by atoms with Crippen LogP contribution in [0.25, 0.3) is 0 Å². The summed E-state index contributed by atoms with van der Waals surface area (Å²) in [6, 6.07) is 4.87. The zero-order valence-corrected chi connectivity index (χ0v) is 7.91. The van der Waals surface area contributed by atoms with Crippen LogP contribution in [-0.2, 0) is 6.18 Å². The zero-order valence-electron chi connectivity index (χ0n) is 6.32. The third kappa shape index (κ3) is 2.89. The third-order valence-corrected chi connectivity index (χ3v) is 1.58. The van der Waals surface area contributed by atoms with Gasteiger partial charge in [0, 0.05) is 16.1 Å². The van der Waals surface area contributed by atoms with Crippen molar-refractivity contribution in [1.29, 1.82) is 0 Å². The van der Waals surface area contributed by atoms with E-state index in [1.54, 1.807) is 0 Å². The topological polar surface area (TPSA) is 24.1 Å². The number of alkyl halides is 3. The highest BCUT2D eigenvalue weighted by Gasteiger charge is 2.30. The highest BCUT2D eigenvalue weighted by atomic mass is 79.9. The summed E-state index contributed by atoms with van der Waals surface area (Å²) < 4.78 is 38.8. The van der Waals surface area contributed by atoms with Crippen LogP contribution in [0, 0.1) is 0 Å². The summed E-state index contributed by atoms with van der Waals surface area (Å²) in [7, 11) is 0. The molecular formula is C7H6BrF3N2. The van der Waals surface area contributed by atoms with E-state index in [1.807, 2.05) is 0 Å². The van der Waals surface area contributed by atoms with Gasteiger partial charge in [-0.05, 0) is 18.2 Å². The Hall–Kier alpha value is -0.750. The minimum absolute atomic E-state index is 0.340. The third-order valence-electron chi connectivity index (χ3n) is 1.38. The lowest BCUT2D eigenvalue weighted by molar-refractivity contribution is -0.137. The quantitative estimate of drug-likeness (QED) is 0.627. The van der Waals surface area contributed by atoms with Gasteiger partial charge in [0.2, 0.25) is 0 Å². The molecule has 6 heteroatoms. The van der Waals surface area contributed by atoms with Crippen LogP contribution < -0.4 is 9.88 Å². The molecule has 0 saturated carbocycles. The summed E-state index contributed by atoms with van der Waals surface area (Å²) >= 11 is 2.82. The van der Waals surface area contributed by atoms with Gasteiger partial charge in [0.05, 0.1) is 11.3 Å². The molecule has 2 nitrogen and oxygen atoms in total. The number of anilines is 1. The maximum absolute atomic E-state index is 12.1. The first-order valence-electron chi connectivity index (χ1n) is 3.33. The van der Waals surface area contributed by atoms with Crippen molar-refractivity contribution in [3.63, 3.8) is 0 Å². The highest BCUT2D eigenvalue weighted by Crippen LogP contribution is 2.30. The molecule has 0 amide bonds. The molecule has 0 radical (unpaired) electrons. The Bertz CT molecular complexity index is 287. The fourth-order valence-electron chi connectivity index (χ4n) is 0.828. The molecule has 0 heterocycles. The number of rotatable bonds is 2. The van der Waals surface area contributed by atoms with Crippen LogP contribution >= 0.6 is 16.1 Å². The normalized spacial score (nSPS) is 11.4. The van der Waals surface area contributed by atoms with Crippen molar-refractivity contribution < 1.29 is 13.2 Å². The summed E-state index contributed by atoms with van der Waals surface area (Å²) in [4.78, 5) is 0. The molecule has 0 aliphatic carbocycles. The SMILES string of the molecule is FC(F)(F)c1cccc(NNBr)c1. The number of hydrazine groups is 1. The van der Waals surface area contributed by atoms with Crippen molar-refractivity contribution in [3.8, 4) is 0 Å². The van der Waals surface area contributed by atoms with E-state index in [2.05, 4.69) is 26.0 Å². The van der Waals surface area contributed by atoms with Crippen LogP contribution in [0.3, 0.4) is 0 Å². The van der Waals surface area contributed by atoms with Gasteiger partial charge in [-0.15, -0.1) is 0 Å². The van der Waals surface area contributed by atoms with E-state index in [0.29, 0.717) is 5.69 Å². The second-order valence-electron chi connectivity index (χ2n) is 2.30. The monoisotopic (exact) mass is 254 g/mol. The maximum Gasteiger partial charge on any atom is 0.416 e. The van der Waals surface area contributed by atoms with Crippen molar-refractivity contribution in [2.75, 3.05) is 5.43 Å². The first-order valence-corrected chi connectivity index (χ1v) is 4.12. The molecule has 0 aliphatic heterocycles. The summed E-state index contributed by atoms with van der Waals surface area (Å²) in [6.07, 6.45) is -4.30. The van der Waals surface area contributed by atoms with Crippen LogP contribution in [0.4, 0.5) is 18.9 Å². The van der Waals surface area contributed by atoms with Crippen molar-refractivity contribution in [3.05, 3.63) is 29.8 Å². The fraction of sp³-hybridized carbons (Fsp3) is 0.143. The van der Waals surface area contributed by atoms with E-state index in [-0.39, 0.29) is 0 Å². The molecule has 0 atom stereocenters. The van der Waals surface area contributed by atoms with E-state index in [4.69, 9.17) is 0 Å². The first kappa shape index (κ1) is 10.3. The molecule has 0 saturated heterocycles. The number of hydrogen-bond donors (Lipinski definition) is 2. The molecule has 0 aromatic heterocycles. The summed E-state index contributed by atoms with van der Waals surface area (Å²) in [5, 5.41) is 0. The Morgan fingerprint density at radius 2 is 1.92 bits per heavy atom. The second kappa shape index (κ2) is 3.97. The molecule has 0 aliphatic rings. The molecule has 0 unspecified atom stereocenters. The van der Waals surface area contributed by atoms with Gasteiger partial charge in [-0.1, -0.05) is 6.07 Å². The van der Waals surface area contributed by atoms with E-state index in [1.165, 1.54) is 12.1 Å². The number of hydrogen-bond acceptors (Lipinski definition) is 2. The van der Waals surface area contributed by atoms with Crippen molar-refractivity contribution in [1.82, 2.24) is 4.45 Å². The molecule has 0 spiro atoms. The predicted molar refractivity (Wildman–Crippen MR) is 47.1 cm³/mol. The lowest BCUT2D eigenvalue weighted by Gasteiger charge is -2.08. The Kier molecular flexibility index (Phi) is 3.16. The fourth-order valence-corrected chi connectivity index (χ4v) is 1.06. The average molecular weight is 255 g/mol. The summed E-state index contributed by atoms with van der Waals surface area (Å²) in [6.45, 7) is 0. The molecule has 1 rings (SSSR count). The van der Waals surface area contributed by atoms with Crippen LogP contribution in [-0.4, -0.2) is 0 Å². The van der Waals surface area contributed by atoms with Gasteiger partial charge in [0.15, 0.2) is 0 Å². The second-order valence-corrected chi connectivity index (χ2v) is 2.69. The van der Waals surface area contributed by atoms with Gasteiger partial charge in [-0.3, -0.25) is 0 Å². The number of nitrogens with one attached hydrogen (secondary N) is 2. The maximum atomic E-state index is 12.1. The molecular weight excluding hydrogens is 249 g/mol. The Labute approximate surface area is 81.4 Å². The molecule has 2 N–H and O–H groups in total. The van der Waals surface area contributed by atoms with Crippen molar-refractivity contribution in [2.24, 2.45) is 0 Å². The van der Waals surface area contributed by atoms with Crippen LogP contribution in [0.15, 0.2) is 24.3 Å². The van der Waals surface area contributed by atoms with Gasteiger partial charge >= 0.3 is 6.18 Å². The van der Waals surface area contributed by atoms with Gasteiger partial charge in [0.1, 0.15) is 0 Å². The summed E-state index contributed by atoms with van der Waals surface area (Å²) in [5.74, 6) is 0. The Morgan fingerprint density at radius 1 is 1.23 bits per heavy atom. The van der Waals surface area contributed by atoms with E-state index in [9.17, 15) is 13.2 Å². The minimum atomic E-state index is -4.30. The molecule has 13 heavy (non-hydrogen) atoms. The average Bonchev–Trinajstić information content (AvgIpc) is 2.04. The van der Waals surface area contributed by atoms with E-state index >= 15 is 0 Å². The summed E-state index contributed by atoms with van der Waals surface area (Å²) in [5.41, 5.74) is 2.15. The smallest absolute Gasteiger partial charge is 0.312 e. The van der Waals surface area contributed by atoms with Gasteiger partial charge in [0.25, 0.3) is 0 Å². The molecule has 0 bridgehead atoms. The lowest BCUT2D eigenvalue weighted by atomic mass is 10.2. The molecule has 1 aromatic carbocycles. The molecule has 72 valence electrons. The lowest BCUT2D eigenvalue weighted by Crippen LogP contribution is -2.10. The minimum Gasteiger partial charge on any atom is -0.312 e. The zero-order chi connectivity index (χ0) is 9.90. The molecule has 1 aromatic rings. The van der Waals surface area contributed by atoms with Gasteiger partial charge in [-0.2, -0.15) is 17.6 Å². The van der Waals surface area contributed by atoms with E-state index in [0.717, 1.165) is 12.1 Å².